The Morgan fingerprint density at radius 1 is 1.42 bits per heavy atom. The van der Waals surface area contributed by atoms with Gasteiger partial charge in [-0.3, -0.25) is 4.98 Å². The fourth-order valence-corrected chi connectivity index (χ4v) is 3.15. The SMILES string of the molecule is Nc1ccc(SCc2ncccc2C(=O)O)c(Br)c1. The molecule has 2 aromatic rings. The Labute approximate surface area is 123 Å². The summed E-state index contributed by atoms with van der Waals surface area (Å²) in [6.07, 6.45) is 1.60. The average molecular weight is 339 g/mol. The lowest BCUT2D eigenvalue weighted by Gasteiger charge is -2.07. The lowest BCUT2D eigenvalue weighted by Crippen LogP contribution is -2.03. The molecule has 1 aromatic heterocycles. The Morgan fingerprint density at radius 2 is 2.21 bits per heavy atom. The molecule has 6 heteroatoms. The molecule has 0 saturated heterocycles. The molecule has 0 aliphatic heterocycles. The summed E-state index contributed by atoms with van der Waals surface area (Å²) < 4.78 is 0.894. The van der Waals surface area contributed by atoms with Crippen LogP contribution in [0.4, 0.5) is 5.69 Å². The van der Waals surface area contributed by atoms with E-state index >= 15 is 0 Å². The number of hydrogen-bond acceptors (Lipinski definition) is 4. The number of halogens is 1. The first kappa shape index (κ1) is 13.9. The van der Waals surface area contributed by atoms with Gasteiger partial charge in [0.2, 0.25) is 0 Å². The van der Waals surface area contributed by atoms with E-state index in [1.165, 1.54) is 11.8 Å². The standard InChI is InChI=1S/C13H11BrN2O2S/c14-10-6-8(15)3-4-12(10)19-7-11-9(13(17)18)2-1-5-16-11/h1-6H,7,15H2,(H,17,18). The number of thioether (sulfide) groups is 1. The zero-order valence-corrected chi connectivity index (χ0v) is 12.2. The molecule has 3 N–H and O–H groups in total. The van der Waals surface area contributed by atoms with E-state index in [9.17, 15) is 4.79 Å². The number of carbonyl (C=O) groups is 1. The molecule has 0 bridgehead atoms. The molecule has 1 aromatic carbocycles. The van der Waals surface area contributed by atoms with Crippen molar-refractivity contribution in [2.75, 3.05) is 5.73 Å². The number of pyridine rings is 1. The first-order valence-corrected chi connectivity index (χ1v) is 7.21. The highest BCUT2D eigenvalue weighted by molar-refractivity contribution is 9.10. The predicted octanol–water partition coefficient (Wildman–Crippen LogP) is 3.42. The molecule has 98 valence electrons. The highest BCUT2D eigenvalue weighted by atomic mass is 79.9. The molecule has 0 amide bonds. The zero-order chi connectivity index (χ0) is 13.8. The number of carboxylic acid groups (broad SMARTS) is 1. The van der Waals surface area contributed by atoms with Crippen LogP contribution >= 0.6 is 27.7 Å². The number of nitrogens with two attached hydrogens (primary N) is 1. The second-order valence-corrected chi connectivity index (χ2v) is 5.65. The summed E-state index contributed by atoms with van der Waals surface area (Å²) in [5.41, 5.74) is 7.15. The van der Waals surface area contributed by atoms with Crippen LogP contribution in [-0.2, 0) is 5.75 Å². The Balaban J connectivity index is 2.17. The molecule has 19 heavy (non-hydrogen) atoms. The molecule has 0 spiro atoms. The number of carboxylic acids is 1. The van der Waals surface area contributed by atoms with Gasteiger partial charge in [0, 0.05) is 27.0 Å². The molecule has 0 aliphatic rings. The number of aromatic carboxylic acids is 1. The van der Waals surface area contributed by atoms with E-state index in [1.807, 2.05) is 18.2 Å². The molecule has 0 radical (unpaired) electrons. The number of hydrogen-bond donors (Lipinski definition) is 2. The summed E-state index contributed by atoms with van der Waals surface area (Å²) in [7, 11) is 0. The number of anilines is 1. The van der Waals surface area contributed by atoms with Crippen molar-refractivity contribution < 1.29 is 9.90 Å². The van der Waals surface area contributed by atoms with Gasteiger partial charge < -0.3 is 10.8 Å². The van der Waals surface area contributed by atoms with Gasteiger partial charge in [0.05, 0.1) is 11.3 Å². The predicted molar refractivity (Wildman–Crippen MR) is 79.3 cm³/mol. The first-order valence-electron chi connectivity index (χ1n) is 5.43. The molecule has 0 fully saturated rings. The normalized spacial score (nSPS) is 10.4. The second kappa shape index (κ2) is 6.08. The van der Waals surface area contributed by atoms with Gasteiger partial charge in [-0.1, -0.05) is 0 Å². The van der Waals surface area contributed by atoms with Crippen LogP contribution in [0.25, 0.3) is 0 Å². The van der Waals surface area contributed by atoms with Crippen molar-refractivity contribution in [3.63, 3.8) is 0 Å². The van der Waals surface area contributed by atoms with Gasteiger partial charge in [-0.15, -0.1) is 11.8 Å². The summed E-state index contributed by atoms with van der Waals surface area (Å²) >= 11 is 4.94. The maximum Gasteiger partial charge on any atom is 0.337 e. The van der Waals surface area contributed by atoms with E-state index < -0.39 is 5.97 Å². The van der Waals surface area contributed by atoms with Crippen molar-refractivity contribution in [3.8, 4) is 0 Å². The van der Waals surface area contributed by atoms with Gasteiger partial charge in [-0.25, -0.2) is 4.79 Å². The quantitative estimate of drug-likeness (QED) is 0.659. The molecule has 1 heterocycles. The number of rotatable bonds is 4. The van der Waals surface area contributed by atoms with Crippen LogP contribution in [0.5, 0.6) is 0 Å². The van der Waals surface area contributed by atoms with Crippen molar-refractivity contribution >= 4 is 39.3 Å². The summed E-state index contributed by atoms with van der Waals surface area (Å²) in [5, 5.41) is 9.08. The molecule has 0 saturated carbocycles. The van der Waals surface area contributed by atoms with E-state index in [1.54, 1.807) is 18.3 Å². The number of nitrogen functional groups attached to an aromatic ring is 1. The summed E-state index contributed by atoms with van der Waals surface area (Å²) in [4.78, 5) is 16.2. The molecule has 0 atom stereocenters. The third-order valence-corrected chi connectivity index (χ3v) is 4.44. The van der Waals surface area contributed by atoms with Gasteiger partial charge in [-0.05, 0) is 46.3 Å². The lowest BCUT2D eigenvalue weighted by molar-refractivity contribution is 0.0695. The van der Waals surface area contributed by atoms with Crippen molar-refractivity contribution in [1.82, 2.24) is 4.98 Å². The summed E-state index contributed by atoms with van der Waals surface area (Å²) in [6, 6.07) is 8.70. The maximum absolute atomic E-state index is 11.1. The monoisotopic (exact) mass is 338 g/mol. The van der Waals surface area contributed by atoms with Crippen molar-refractivity contribution in [3.05, 3.63) is 52.3 Å². The number of benzene rings is 1. The summed E-state index contributed by atoms with van der Waals surface area (Å²) in [5.74, 6) is -0.467. The van der Waals surface area contributed by atoms with Crippen molar-refractivity contribution in [1.29, 1.82) is 0 Å². The fourth-order valence-electron chi connectivity index (χ4n) is 1.53. The molecular weight excluding hydrogens is 328 g/mol. The van der Waals surface area contributed by atoms with Crippen molar-refractivity contribution in [2.45, 2.75) is 10.6 Å². The lowest BCUT2D eigenvalue weighted by atomic mass is 10.2. The van der Waals surface area contributed by atoms with Crippen LogP contribution < -0.4 is 5.73 Å². The summed E-state index contributed by atoms with van der Waals surface area (Å²) in [6.45, 7) is 0. The average Bonchev–Trinajstić information content (AvgIpc) is 2.38. The highest BCUT2D eigenvalue weighted by Gasteiger charge is 2.11. The minimum absolute atomic E-state index is 0.238. The van der Waals surface area contributed by atoms with Crippen LogP contribution in [0.3, 0.4) is 0 Å². The largest absolute Gasteiger partial charge is 0.478 e. The molecular formula is C13H11BrN2O2S. The molecule has 2 rings (SSSR count). The van der Waals surface area contributed by atoms with Crippen LogP contribution in [0.2, 0.25) is 0 Å². The van der Waals surface area contributed by atoms with Gasteiger partial charge in [0.15, 0.2) is 0 Å². The number of nitrogens with zero attached hydrogens (tertiary/aromatic N) is 1. The zero-order valence-electron chi connectivity index (χ0n) is 9.84. The highest BCUT2D eigenvalue weighted by Crippen LogP contribution is 2.31. The van der Waals surface area contributed by atoms with E-state index in [4.69, 9.17) is 10.8 Å². The minimum atomic E-state index is -0.958. The van der Waals surface area contributed by atoms with Gasteiger partial charge in [0.1, 0.15) is 0 Å². The number of aromatic nitrogens is 1. The third-order valence-electron chi connectivity index (χ3n) is 2.44. The van der Waals surface area contributed by atoms with Crippen LogP contribution in [-0.4, -0.2) is 16.1 Å². The van der Waals surface area contributed by atoms with Crippen LogP contribution in [0, 0.1) is 0 Å². The van der Waals surface area contributed by atoms with Gasteiger partial charge in [-0.2, -0.15) is 0 Å². The first-order chi connectivity index (χ1) is 9.08. The van der Waals surface area contributed by atoms with E-state index in [0.29, 0.717) is 17.1 Å². The van der Waals surface area contributed by atoms with Gasteiger partial charge >= 0.3 is 5.97 Å². The van der Waals surface area contributed by atoms with E-state index in [2.05, 4.69) is 20.9 Å². The van der Waals surface area contributed by atoms with Crippen LogP contribution in [0.1, 0.15) is 16.1 Å². The maximum atomic E-state index is 11.1. The Kier molecular flexibility index (Phi) is 4.44. The Bertz CT molecular complexity index is 619. The minimum Gasteiger partial charge on any atom is -0.478 e. The van der Waals surface area contributed by atoms with Gasteiger partial charge in [0.25, 0.3) is 0 Å². The van der Waals surface area contributed by atoms with E-state index in [0.717, 1.165) is 9.37 Å². The Morgan fingerprint density at radius 3 is 2.89 bits per heavy atom. The molecule has 0 aliphatic carbocycles. The molecule has 4 nitrogen and oxygen atoms in total. The topological polar surface area (TPSA) is 76.2 Å². The third kappa shape index (κ3) is 3.48. The smallest absolute Gasteiger partial charge is 0.337 e. The fraction of sp³-hybridized carbons (Fsp3) is 0.0769. The molecule has 0 unspecified atom stereocenters. The van der Waals surface area contributed by atoms with Crippen LogP contribution in [0.15, 0.2) is 45.9 Å². The second-order valence-electron chi connectivity index (χ2n) is 3.78. The van der Waals surface area contributed by atoms with Crippen molar-refractivity contribution in [2.24, 2.45) is 0 Å². The van der Waals surface area contributed by atoms with E-state index in [-0.39, 0.29) is 5.56 Å². The Hall–Kier alpha value is -1.53.